The largest absolute Gasteiger partial charge is 0.475 e. The number of aromatic carboxylic acids is 1. The molecule has 2 aromatic carbocycles. The number of carbonyl (C=O) groups excluding carboxylic acids is 1. The molecule has 0 saturated carbocycles. The van der Waals surface area contributed by atoms with Gasteiger partial charge in [0.2, 0.25) is 5.82 Å². The first-order valence-electron chi connectivity index (χ1n) is 19.5. The molecule has 2 atom stereocenters. The molecule has 0 spiro atoms. The zero-order valence-electron chi connectivity index (χ0n) is 33.0. The molecule has 8 aromatic rings. The van der Waals surface area contributed by atoms with Crippen molar-refractivity contribution in [3.05, 3.63) is 146 Å². The minimum atomic E-state index is -1.13. The first kappa shape index (κ1) is 42.6. The van der Waals surface area contributed by atoms with E-state index >= 15 is 0 Å². The molecular formula is C43H48N14O5. The molecule has 0 aliphatic carbocycles. The number of aromatic nitrogens is 10. The minimum absolute atomic E-state index is 0. The number of amides is 1. The molecule has 10 rings (SSSR count). The summed E-state index contributed by atoms with van der Waals surface area (Å²) in [5.41, 5.74) is 8.48. The van der Waals surface area contributed by atoms with Crippen molar-refractivity contribution < 1.29 is 24.9 Å². The third kappa shape index (κ3) is 9.14. The lowest BCUT2D eigenvalue weighted by Gasteiger charge is -2.28. The van der Waals surface area contributed by atoms with Crippen LogP contribution in [0.5, 0.6) is 0 Å². The molecule has 320 valence electrons. The number of nitrogens with one attached hydrogen (secondary N) is 1. The molecule has 6 aromatic heterocycles. The third-order valence-electron chi connectivity index (χ3n) is 10.6. The van der Waals surface area contributed by atoms with E-state index in [1.54, 1.807) is 17.1 Å². The summed E-state index contributed by atoms with van der Waals surface area (Å²) in [6, 6.07) is 26.7. The highest BCUT2D eigenvalue weighted by Gasteiger charge is 2.41. The number of rotatable bonds is 9. The minimum Gasteiger partial charge on any atom is -0.475 e. The molecule has 19 heteroatoms. The van der Waals surface area contributed by atoms with E-state index in [0.29, 0.717) is 26.1 Å². The Balaban J connectivity index is 0.000000153. The maximum atomic E-state index is 12.8. The van der Waals surface area contributed by atoms with E-state index in [-0.39, 0.29) is 32.3 Å². The number of hydrogen-bond donors (Lipinski definition) is 5. The van der Waals surface area contributed by atoms with Gasteiger partial charge in [0.15, 0.2) is 11.6 Å². The second kappa shape index (κ2) is 18.4. The number of aliphatic hydroxyl groups is 2. The summed E-state index contributed by atoms with van der Waals surface area (Å²) in [4.78, 5) is 44.3. The van der Waals surface area contributed by atoms with Crippen molar-refractivity contribution in [2.45, 2.75) is 31.3 Å². The summed E-state index contributed by atoms with van der Waals surface area (Å²) in [7, 11) is 0. The molecule has 2 saturated heterocycles. The first-order valence-corrected chi connectivity index (χ1v) is 19.5. The van der Waals surface area contributed by atoms with Gasteiger partial charge in [-0.15, -0.1) is 10.2 Å². The fourth-order valence-electron chi connectivity index (χ4n) is 7.36. The molecule has 0 bridgehead atoms. The van der Waals surface area contributed by atoms with Gasteiger partial charge in [0, 0.05) is 63.4 Å². The second-order valence-corrected chi connectivity index (χ2v) is 14.9. The predicted molar refractivity (Wildman–Crippen MR) is 232 cm³/mol. The molecule has 2 aliphatic heterocycles. The average molecular weight is 841 g/mol. The van der Waals surface area contributed by atoms with E-state index in [0.717, 1.165) is 47.0 Å². The van der Waals surface area contributed by atoms with E-state index < -0.39 is 23.0 Å². The van der Waals surface area contributed by atoms with E-state index in [4.69, 9.17) is 10.8 Å². The van der Waals surface area contributed by atoms with Gasteiger partial charge in [-0.25, -0.2) is 34.1 Å². The molecular weight excluding hydrogens is 793 g/mol. The monoisotopic (exact) mass is 840 g/mol. The first-order chi connectivity index (χ1) is 29.7. The molecule has 1 unspecified atom stereocenters. The lowest BCUT2D eigenvalue weighted by molar-refractivity contribution is 0.0683. The molecule has 2 aliphatic rings. The lowest BCUT2D eigenvalue weighted by atomic mass is 10.00. The highest BCUT2D eigenvalue weighted by molar-refractivity contribution is 5.91. The SMILES string of the molecule is C.NC1(CO)CCN(c2nccn3cccc23)C1.O=C(N[C@@]1(CO)CCN(c2nccn3cccc23)C1)c1ncn(-c2ccccc2)n1.O=C(O)c1ncn(-c2ccccc2)n1. The molecule has 1 amide bonds. The van der Waals surface area contributed by atoms with Crippen molar-refractivity contribution in [2.24, 2.45) is 5.73 Å². The molecule has 8 heterocycles. The maximum absolute atomic E-state index is 12.8. The zero-order chi connectivity index (χ0) is 42.4. The number of benzene rings is 2. The Morgan fingerprint density at radius 2 is 1.16 bits per heavy atom. The number of para-hydroxylation sites is 2. The van der Waals surface area contributed by atoms with Crippen molar-refractivity contribution in [3.8, 4) is 11.4 Å². The smallest absolute Gasteiger partial charge is 0.375 e. The van der Waals surface area contributed by atoms with Crippen molar-refractivity contribution in [3.63, 3.8) is 0 Å². The van der Waals surface area contributed by atoms with Crippen LogP contribution in [0.2, 0.25) is 0 Å². The van der Waals surface area contributed by atoms with Crippen LogP contribution in [0, 0.1) is 0 Å². The molecule has 2 fully saturated rings. The number of nitrogens with two attached hydrogens (primary N) is 1. The summed E-state index contributed by atoms with van der Waals surface area (Å²) in [5, 5.41) is 39.0. The van der Waals surface area contributed by atoms with Gasteiger partial charge in [0.1, 0.15) is 12.7 Å². The Bertz CT molecular complexity index is 2730. The van der Waals surface area contributed by atoms with Gasteiger partial charge in [-0.1, -0.05) is 43.8 Å². The Morgan fingerprint density at radius 3 is 1.66 bits per heavy atom. The van der Waals surface area contributed by atoms with Crippen molar-refractivity contribution in [2.75, 3.05) is 49.2 Å². The number of carboxylic acid groups (broad SMARTS) is 1. The van der Waals surface area contributed by atoms with E-state index in [1.807, 2.05) is 119 Å². The van der Waals surface area contributed by atoms with Crippen LogP contribution in [0.25, 0.3) is 22.4 Å². The number of hydrogen-bond acceptors (Lipinski definition) is 13. The van der Waals surface area contributed by atoms with Gasteiger partial charge in [0.25, 0.3) is 11.7 Å². The van der Waals surface area contributed by atoms with Crippen molar-refractivity contribution in [1.82, 2.24) is 53.6 Å². The van der Waals surface area contributed by atoms with Gasteiger partial charge >= 0.3 is 5.97 Å². The van der Waals surface area contributed by atoms with E-state index in [2.05, 4.69) is 45.2 Å². The van der Waals surface area contributed by atoms with Crippen molar-refractivity contribution in [1.29, 1.82) is 0 Å². The fourth-order valence-corrected chi connectivity index (χ4v) is 7.36. The number of nitrogens with zero attached hydrogens (tertiary/aromatic N) is 12. The number of carboxylic acids is 1. The Kier molecular flexibility index (Phi) is 12.7. The van der Waals surface area contributed by atoms with E-state index in [9.17, 15) is 19.8 Å². The van der Waals surface area contributed by atoms with Crippen LogP contribution in [0.1, 0.15) is 41.5 Å². The summed E-state index contributed by atoms with van der Waals surface area (Å²) >= 11 is 0. The quantitative estimate of drug-likeness (QED) is 0.141. The second-order valence-electron chi connectivity index (χ2n) is 14.9. The summed E-state index contributed by atoms with van der Waals surface area (Å²) in [6.07, 6.45) is 15.6. The number of fused-ring (bicyclic) bond motifs is 2. The zero-order valence-corrected chi connectivity index (χ0v) is 33.0. The topological polar surface area (TPSA) is 235 Å². The normalized spacial score (nSPS) is 18.1. The van der Waals surface area contributed by atoms with Gasteiger partial charge in [-0.05, 0) is 61.4 Å². The molecule has 62 heavy (non-hydrogen) atoms. The van der Waals surface area contributed by atoms with Gasteiger partial charge in [0.05, 0.1) is 46.7 Å². The Labute approximate surface area is 356 Å². The number of carbonyl (C=O) groups is 2. The highest BCUT2D eigenvalue weighted by Crippen LogP contribution is 2.29. The van der Waals surface area contributed by atoms with Crippen LogP contribution < -0.4 is 20.9 Å². The summed E-state index contributed by atoms with van der Waals surface area (Å²) in [5.74, 6) is 0.108. The van der Waals surface area contributed by atoms with Crippen LogP contribution in [0.4, 0.5) is 11.6 Å². The summed E-state index contributed by atoms with van der Waals surface area (Å²) < 4.78 is 7.01. The summed E-state index contributed by atoms with van der Waals surface area (Å²) in [6.45, 7) is 2.46. The predicted octanol–water partition coefficient (Wildman–Crippen LogP) is 3.12. The third-order valence-corrected chi connectivity index (χ3v) is 10.6. The van der Waals surface area contributed by atoms with Crippen LogP contribution >= 0.6 is 0 Å². The standard InChI is InChI=1S/C21H21N7O2.C12H16N4O.C9H7N3O2.CH4/c29-14-21(8-11-27(13-21)19-17-7-4-10-26(17)12-9-22-19)24-20(30)18-23-15-28(25-18)16-5-2-1-3-6-16;13-12(9-17)3-6-16(8-12)11-10-2-1-5-15(10)7-4-14-11;13-9(14)8-10-6-12(11-8)7-4-2-1-3-5-7;/h1-7,9-10,12,15,29H,8,11,13-14H2,(H,24,30);1-2,4-5,7,17H,3,6,8-9,13H2;1-6H,(H,13,14);1H4/t21-;;;/m0.../s1. The molecule has 19 nitrogen and oxygen atoms in total. The van der Waals surface area contributed by atoms with E-state index in [1.165, 1.54) is 17.3 Å². The van der Waals surface area contributed by atoms with Gasteiger partial charge < -0.3 is 45.0 Å². The molecule has 6 N–H and O–H groups in total. The highest BCUT2D eigenvalue weighted by atomic mass is 16.4. The van der Waals surface area contributed by atoms with Crippen LogP contribution in [-0.4, -0.2) is 126 Å². The fraction of sp³-hybridized carbons (Fsp3) is 0.256. The number of aliphatic hydroxyl groups excluding tert-OH is 2. The Morgan fingerprint density at radius 1 is 0.645 bits per heavy atom. The van der Waals surface area contributed by atoms with Gasteiger partial charge in [-0.3, -0.25) is 4.79 Å². The van der Waals surface area contributed by atoms with Crippen LogP contribution in [-0.2, 0) is 0 Å². The van der Waals surface area contributed by atoms with Crippen LogP contribution in [0.15, 0.2) is 135 Å². The lowest BCUT2D eigenvalue weighted by Crippen LogP contribution is -2.53. The van der Waals surface area contributed by atoms with Gasteiger partial charge in [-0.2, -0.15) is 0 Å². The maximum Gasteiger partial charge on any atom is 0.375 e. The average Bonchev–Trinajstić information content (AvgIpc) is 4.15. The molecule has 0 radical (unpaired) electrons. The Hall–Kier alpha value is -7.48. The number of anilines is 2. The van der Waals surface area contributed by atoms with Crippen LogP contribution in [0.3, 0.4) is 0 Å². The van der Waals surface area contributed by atoms with Crippen molar-refractivity contribution >= 4 is 34.5 Å².